The Labute approximate surface area is 143 Å². The fraction of sp³-hybridized carbons (Fsp3) is 0.400. The fourth-order valence-electron chi connectivity index (χ4n) is 1.71. The number of aromatic nitrogens is 2. The van der Waals surface area contributed by atoms with Gasteiger partial charge in [-0.3, -0.25) is 10.1 Å². The van der Waals surface area contributed by atoms with Crippen molar-refractivity contribution in [2.45, 2.75) is 37.3 Å². The molecule has 0 saturated carbocycles. The van der Waals surface area contributed by atoms with Crippen LogP contribution in [0.5, 0.6) is 0 Å². The second-order valence-electron chi connectivity index (χ2n) is 5.30. The van der Waals surface area contributed by atoms with Crippen LogP contribution in [0.3, 0.4) is 0 Å². The zero-order chi connectivity index (χ0) is 16.1. The van der Waals surface area contributed by atoms with E-state index in [4.69, 9.17) is 11.6 Å². The summed E-state index contributed by atoms with van der Waals surface area (Å²) in [7, 11) is 0. The molecule has 0 saturated heterocycles. The Morgan fingerprint density at radius 3 is 2.59 bits per heavy atom. The molecule has 1 atom stereocenters. The first kappa shape index (κ1) is 17.2. The number of rotatable bonds is 6. The van der Waals surface area contributed by atoms with Gasteiger partial charge in [0.15, 0.2) is 0 Å². The average Bonchev–Trinajstić information content (AvgIpc) is 2.87. The van der Waals surface area contributed by atoms with Gasteiger partial charge in [-0.1, -0.05) is 36.8 Å². The van der Waals surface area contributed by atoms with E-state index < -0.39 is 0 Å². The summed E-state index contributed by atoms with van der Waals surface area (Å²) < 4.78 is 0. The van der Waals surface area contributed by atoms with Crippen LogP contribution >= 0.6 is 34.7 Å². The van der Waals surface area contributed by atoms with Gasteiger partial charge in [-0.05, 0) is 37.1 Å². The van der Waals surface area contributed by atoms with Crippen molar-refractivity contribution >= 4 is 45.7 Å². The molecule has 1 N–H and O–H groups in total. The predicted molar refractivity (Wildman–Crippen MR) is 93.9 cm³/mol. The molecule has 0 radical (unpaired) electrons. The summed E-state index contributed by atoms with van der Waals surface area (Å²) in [5.41, 5.74) is 0. The third-order valence-corrected chi connectivity index (χ3v) is 5.00. The lowest BCUT2D eigenvalue weighted by atomic mass is 10.1. The van der Waals surface area contributed by atoms with Crippen molar-refractivity contribution in [3.63, 3.8) is 0 Å². The van der Waals surface area contributed by atoms with Crippen molar-refractivity contribution in [3.8, 4) is 0 Å². The van der Waals surface area contributed by atoms with Crippen LogP contribution in [-0.4, -0.2) is 21.4 Å². The van der Waals surface area contributed by atoms with Gasteiger partial charge in [0.2, 0.25) is 11.0 Å². The Kier molecular flexibility index (Phi) is 6.23. The molecule has 1 amide bonds. The van der Waals surface area contributed by atoms with Gasteiger partial charge in [0.1, 0.15) is 5.01 Å². The summed E-state index contributed by atoms with van der Waals surface area (Å²) >= 11 is 8.77. The number of halogens is 1. The predicted octanol–water partition coefficient (Wildman–Crippen LogP) is 4.51. The largest absolute Gasteiger partial charge is 0.300 e. The molecule has 1 aromatic carbocycles. The van der Waals surface area contributed by atoms with Crippen LogP contribution in [0.25, 0.3) is 0 Å². The van der Waals surface area contributed by atoms with Gasteiger partial charge >= 0.3 is 0 Å². The number of carbonyl (C=O) groups excluding carboxylic acids is 1. The zero-order valence-corrected chi connectivity index (χ0v) is 15.1. The summed E-state index contributed by atoms with van der Waals surface area (Å²) in [6, 6.07) is 7.44. The van der Waals surface area contributed by atoms with Crippen molar-refractivity contribution in [2.24, 2.45) is 5.92 Å². The molecule has 2 aromatic rings. The third-order valence-electron chi connectivity index (χ3n) is 2.78. The van der Waals surface area contributed by atoms with Crippen molar-refractivity contribution < 1.29 is 4.79 Å². The number of nitrogens with zero attached hydrogens (tertiary/aromatic N) is 2. The summed E-state index contributed by atoms with van der Waals surface area (Å²) in [5, 5.41) is 12.9. The van der Waals surface area contributed by atoms with Gasteiger partial charge in [-0.15, -0.1) is 22.0 Å². The molecular formula is C15H18ClN3OS2. The van der Waals surface area contributed by atoms with Gasteiger partial charge < -0.3 is 0 Å². The van der Waals surface area contributed by atoms with Crippen LogP contribution in [0.2, 0.25) is 5.02 Å². The maximum absolute atomic E-state index is 12.2. The van der Waals surface area contributed by atoms with E-state index in [1.807, 2.05) is 31.2 Å². The Hall–Kier alpha value is -1.11. The maximum Gasteiger partial charge on any atom is 0.239 e. The van der Waals surface area contributed by atoms with Crippen molar-refractivity contribution in [2.75, 3.05) is 5.32 Å². The molecule has 2 rings (SSSR count). The number of hydrogen-bond acceptors (Lipinski definition) is 5. The molecule has 4 nitrogen and oxygen atoms in total. The van der Waals surface area contributed by atoms with E-state index >= 15 is 0 Å². The first-order valence-corrected chi connectivity index (χ1v) is 9.07. The van der Waals surface area contributed by atoms with Crippen LogP contribution in [-0.2, 0) is 11.2 Å². The highest BCUT2D eigenvalue weighted by Gasteiger charge is 2.16. The lowest BCUT2D eigenvalue weighted by Crippen LogP contribution is -2.22. The van der Waals surface area contributed by atoms with Crippen LogP contribution < -0.4 is 5.32 Å². The molecule has 1 heterocycles. The Morgan fingerprint density at radius 2 is 1.95 bits per heavy atom. The van der Waals surface area contributed by atoms with Crippen LogP contribution in [0.15, 0.2) is 29.2 Å². The molecule has 0 aliphatic carbocycles. The SMILES string of the molecule is CC(C)Cc1nnc(NC(=O)C(C)Sc2ccc(Cl)cc2)s1. The number of amides is 1. The maximum atomic E-state index is 12.2. The van der Waals surface area contributed by atoms with E-state index in [-0.39, 0.29) is 11.2 Å². The lowest BCUT2D eigenvalue weighted by Gasteiger charge is -2.10. The Balaban J connectivity index is 1.90. The van der Waals surface area contributed by atoms with Crippen molar-refractivity contribution in [1.29, 1.82) is 0 Å². The molecule has 118 valence electrons. The minimum absolute atomic E-state index is 0.0767. The molecule has 1 unspecified atom stereocenters. The van der Waals surface area contributed by atoms with Gasteiger partial charge in [-0.2, -0.15) is 0 Å². The highest BCUT2D eigenvalue weighted by atomic mass is 35.5. The number of benzene rings is 1. The minimum Gasteiger partial charge on any atom is -0.300 e. The van der Waals surface area contributed by atoms with Crippen LogP contribution in [0, 0.1) is 5.92 Å². The van der Waals surface area contributed by atoms with Crippen LogP contribution in [0.1, 0.15) is 25.8 Å². The number of carbonyl (C=O) groups is 1. The van der Waals surface area contributed by atoms with E-state index in [9.17, 15) is 4.79 Å². The lowest BCUT2D eigenvalue weighted by molar-refractivity contribution is -0.115. The smallest absolute Gasteiger partial charge is 0.239 e. The quantitative estimate of drug-likeness (QED) is 0.774. The van der Waals surface area contributed by atoms with Crippen molar-refractivity contribution in [3.05, 3.63) is 34.3 Å². The normalized spacial score (nSPS) is 12.4. The molecule has 7 heteroatoms. The highest BCUT2D eigenvalue weighted by molar-refractivity contribution is 8.00. The van der Waals surface area contributed by atoms with Gasteiger partial charge in [-0.25, -0.2) is 0 Å². The Bertz CT molecular complexity index is 628. The minimum atomic E-state index is -0.223. The second-order valence-corrected chi connectivity index (χ2v) is 8.21. The summed E-state index contributed by atoms with van der Waals surface area (Å²) in [6.07, 6.45) is 0.878. The zero-order valence-electron chi connectivity index (χ0n) is 12.7. The number of nitrogens with one attached hydrogen (secondary N) is 1. The van der Waals surface area contributed by atoms with E-state index in [0.29, 0.717) is 16.1 Å². The summed E-state index contributed by atoms with van der Waals surface area (Å²) in [6.45, 7) is 6.12. The standard InChI is InChI=1S/C15H18ClN3OS2/c1-9(2)8-13-18-19-15(22-13)17-14(20)10(3)21-12-6-4-11(16)5-7-12/h4-7,9-10H,8H2,1-3H3,(H,17,19,20). The van der Waals surface area contributed by atoms with Gasteiger partial charge in [0, 0.05) is 16.3 Å². The first-order valence-electron chi connectivity index (χ1n) is 6.99. The molecule has 0 bridgehead atoms. The second kappa shape index (κ2) is 7.94. The van der Waals surface area contributed by atoms with Gasteiger partial charge in [0.05, 0.1) is 5.25 Å². The van der Waals surface area contributed by atoms with E-state index in [1.165, 1.54) is 23.1 Å². The van der Waals surface area contributed by atoms with Crippen LogP contribution in [0.4, 0.5) is 5.13 Å². The van der Waals surface area contributed by atoms with Gasteiger partial charge in [0.25, 0.3) is 0 Å². The molecule has 22 heavy (non-hydrogen) atoms. The first-order chi connectivity index (χ1) is 10.4. The molecule has 0 spiro atoms. The van der Waals surface area contributed by atoms with E-state index in [1.54, 1.807) is 0 Å². The highest BCUT2D eigenvalue weighted by Crippen LogP contribution is 2.26. The fourth-order valence-corrected chi connectivity index (χ4v) is 3.66. The summed E-state index contributed by atoms with van der Waals surface area (Å²) in [5.74, 6) is 0.447. The molecule has 0 aliphatic heterocycles. The topological polar surface area (TPSA) is 54.9 Å². The molecule has 1 aromatic heterocycles. The molecular weight excluding hydrogens is 338 g/mol. The third kappa shape index (κ3) is 5.26. The number of thioether (sulfide) groups is 1. The van der Waals surface area contributed by atoms with E-state index in [0.717, 1.165) is 16.3 Å². The number of hydrogen-bond donors (Lipinski definition) is 1. The summed E-state index contributed by atoms with van der Waals surface area (Å²) in [4.78, 5) is 13.2. The van der Waals surface area contributed by atoms with Crippen molar-refractivity contribution in [1.82, 2.24) is 10.2 Å². The Morgan fingerprint density at radius 1 is 1.27 bits per heavy atom. The molecule has 0 fully saturated rings. The average molecular weight is 356 g/mol. The van der Waals surface area contributed by atoms with E-state index in [2.05, 4.69) is 29.4 Å². The molecule has 0 aliphatic rings. The monoisotopic (exact) mass is 355 g/mol. The number of anilines is 1.